The number of rotatable bonds is 0. The number of fused-ring (bicyclic) bond motifs is 7. The number of nitriles is 1. The molecule has 1 amide bonds. The number of carbonyl (C=O) groups is 1. The molecule has 3 aliphatic rings. The quantitative estimate of drug-likeness (QED) is 0.340. The number of nitrogens with two attached hydrogens (primary N) is 1. The standard InChI is InChI=1S/C23H18FN7O3/c24-13-3-16-19-21(28-20(16)17(26)4-13)29-23-30-22(19)31-8-12(9-31)7-27-18(32)10-33-14-1-11(6-25)2-15(5-14)34-23/h1-5,12H,7-10,26H2,(H,27,32)(H,28,29,30). The topological polar surface area (TPSA) is 142 Å². The van der Waals surface area contributed by atoms with Crippen molar-refractivity contribution in [2.45, 2.75) is 0 Å². The molecule has 4 N–H and O–H groups in total. The highest BCUT2D eigenvalue weighted by Crippen LogP contribution is 2.38. The minimum atomic E-state index is -0.458. The van der Waals surface area contributed by atoms with Crippen molar-refractivity contribution in [2.75, 3.05) is 36.9 Å². The van der Waals surface area contributed by atoms with E-state index in [2.05, 4.69) is 20.3 Å². The third-order valence-corrected chi connectivity index (χ3v) is 5.95. The van der Waals surface area contributed by atoms with Gasteiger partial charge in [0.15, 0.2) is 6.61 Å². The number of halogens is 1. The average molecular weight is 459 g/mol. The molecule has 0 radical (unpaired) electrons. The van der Waals surface area contributed by atoms with Gasteiger partial charge in [-0.2, -0.15) is 15.2 Å². The summed E-state index contributed by atoms with van der Waals surface area (Å²) in [5, 5.41) is 13.5. The van der Waals surface area contributed by atoms with Crippen LogP contribution >= 0.6 is 0 Å². The zero-order valence-corrected chi connectivity index (χ0v) is 17.8. The Labute approximate surface area is 192 Å². The molecule has 5 heterocycles. The van der Waals surface area contributed by atoms with Gasteiger partial charge in [-0.15, -0.1) is 0 Å². The van der Waals surface area contributed by atoms with Crippen LogP contribution in [0, 0.1) is 23.1 Å². The fourth-order valence-corrected chi connectivity index (χ4v) is 4.34. The second-order valence-corrected chi connectivity index (χ2v) is 8.37. The van der Waals surface area contributed by atoms with Crippen LogP contribution in [0.15, 0.2) is 30.3 Å². The summed E-state index contributed by atoms with van der Waals surface area (Å²) >= 11 is 0. The molecular formula is C23H18FN7O3. The third kappa shape index (κ3) is 3.36. The second-order valence-electron chi connectivity index (χ2n) is 8.37. The number of aromatic amines is 1. The van der Waals surface area contributed by atoms with Crippen molar-refractivity contribution >= 4 is 39.3 Å². The Kier molecular flexibility index (Phi) is 4.41. The maximum atomic E-state index is 14.2. The normalized spacial score (nSPS) is 16.0. The van der Waals surface area contributed by atoms with E-state index in [9.17, 15) is 14.4 Å². The molecule has 7 rings (SSSR count). The number of anilines is 2. The van der Waals surface area contributed by atoms with Gasteiger partial charge in [0.05, 0.1) is 28.2 Å². The van der Waals surface area contributed by atoms with Crippen molar-refractivity contribution in [3.8, 4) is 23.6 Å². The molecule has 11 heteroatoms. The monoisotopic (exact) mass is 459 g/mol. The molecule has 0 saturated carbocycles. The summed E-state index contributed by atoms with van der Waals surface area (Å²) in [5.41, 5.74) is 7.61. The number of benzene rings is 2. The zero-order chi connectivity index (χ0) is 23.4. The number of nitrogen functional groups attached to an aromatic ring is 1. The van der Waals surface area contributed by atoms with E-state index in [0.29, 0.717) is 58.7 Å². The number of H-pyrrole nitrogens is 1. The van der Waals surface area contributed by atoms with Gasteiger partial charge in [-0.05, 0) is 24.3 Å². The number of nitrogens with one attached hydrogen (secondary N) is 2. The van der Waals surface area contributed by atoms with Gasteiger partial charge < -0.3 is 30.4 Å². The minimum Gasteiger partial charge on any atom is -0.484 e. The molecule has 0 aliphatic carbocycles. The van der Waals surface area contributed by atoms with E-state index in [1.165, 1.54) is 24.3 Å². The summed E-state index contributed by atoms with van der Waals surface area (Å²) in [6.45, 7) is 1.57. The van der Waals surface area contributed by atoms with E-state index in [4.69, 9.17) is 15.2 Å². The van der Waals surface area contributed by atoms with Crippen LogP contribution in [0.5, 0.6) is 17.5 Å². The van der Waals surface area contributed by atoms with Crippen molar-refractivity contribution in [3.63, 3.8) is 0 Å². The third-order valence-electron chi connectivity index (χ3n) is 5.95. The molecule has 0 spiro atoms. The van der Waals surface area contributed by atoms with Gasteiger partial charge in [0.1, 0.15) is 28.8 Å². The molecule has 0 atom stereocenters. The Morgan fingerprint density at radius 2 is 2.00 bits per heavy atom. The van der Waals surface area contributed by atoms with Gasteiger partial charge in [-0.25, -0.2) is 4.39 Å². The summed E-state index contributed by atoms with van der Waals surface area (Å²) in [7, 11) is 0. The van der Waals surface area contributed by atoms with Crippen LogP contribution in [-0.2, 0) is 4.79 Å². The van der Waals surface area contributed by atoms with Crippen molar-refractivity contribution < 1.29 is 18.7 Å². The van der Waals surface area contributed by atoms with Crippen molar-refractivity contribution in [1.82, 2.24) is 20.3 Å². The number of aromatic nitrogens is 3. The fourth-order valence-electron chi connectivity index (χ4n) is 4.34. The maximum absolute atomic E-state index is 14.2. The van der Waals surface area contributed by atoms with Crippen LogP contribution in [0.3, 0.4) is 0 Å². The summed E-state index contributed by atoms with van der Waals surface area (Å²) in [6.07, 6.45) is 0. The van der Waals surface area contributed by atoms with Crippen LogP contribution < -0.4 is 25.4 Å². The number of hydrogen-bond donors (Lipinski definition) is 3. The molecule has 34 heavy (non-hydrogen) atoms. The molecule has 0 unspecified atom stereocenters. The van der Waals surface area contributed by atoms with E-state index in [1.807, 2.05) is 11.0 Å². The first-order valence-corrected chi connectivity index (χ1v) is 10.6. The largest absolute Gasteiger partial charge is 0.484 e. The Bertz CT molecular complexity index is 1520. The van der Waals surface area contributed by atoms with Gasteiger partial charge in [0.25, 0.3) is 5.91 Å². The van der Waals surface area contributed by atoms with Gasteiger partial charge in [-0.1, -0.05) is 0 Å². The summed E-state index contributed by atoms with van der Waals surface area (Å²) in [6, 6.07) is 9.34. The molecule has 2 aromatic heterocycles. The molecule has 1 saturated heterocycles. The number of carbonyl (C=O) groups excluding carboxylic acids is 1. The first kappa shape index (κ1) is 20.0. The fraction of sp³-hybridized carbons (Fsp3) is 0.217. The molecule has 4 aromatic rings. The van der Waals surface area contributed by atoms with Gasteiger partial charge in [0.2, 0.25) is 0 Å². The van der Waals surface area contributed by atoms with Crippen molar-refractivity contribution in [1.29, 1.82) is 5.26 Å². The number of hydrogen-bond acceptors (Lipinski definition) is 8. The van der Waals surface area contributed by atoms with E-state index < -0.39 is 5.82 Å². The Hall–Kier alpha value is -4.59. The average Bonchev–Trinajstić information content (AvgIpc) is 3.14. The van der Waals surface area contributed by atoms with Crippen LogP contribution in [0.2, 0.25) is 0 Å². The second kappa shape index (κ2) is 7.48. The van der Waals surface area contributed by atoms with Crippen LogP contribution in [0.25, 0.3) is 21.9 Å². The smallest absolute Gasteiger partial charge is 0.325 e. The molecule has 3 aliphatic heterocycles. The summed E-state index contributed by atoms with van der Waals surface area (Å²) in [4.78, 5) is 26.5. The number of amides is 1. The Morgan fingerprint density at radius 1 is 1.18 bits per heavy atom. The number of ether oxygens (including phenoxy) is 2. The molecule has 10 nitrogen and oxygen atoms in total. The van der Waals surface area contributed by atoms with Crippen molar-refractivity contribution in [2.24, 2.45) is 5.92 Å². The highest BCUT2D eigenvalue weighted by Gasteiger charge is 2.31. The SMILES string of the molecule is N#Cc1cc2cc(c1)Oc1nc(c3c(n1)[nH]c1c(N)cc(F)cc13)N1CC(CNC(=O)CO2)C1. The lowest BCUT2D eigenvalue weighted by molar-refractivity contribution is -0.123. The highest BCUT2D eigenvalue weighted by atomic mass is 19.1. The first-order chi connectivity index (χ1) is 16.5. The van der Waals surface area contributed by atoms with Crippen LogP contribution in [0.1, 0.15) is 5.56 Å². The van der Waals surface area contributed by atoms with Crippen LogP contribution in [-0.4, -0.2) is 47.1 Å². The molecule has 2 aromatic carbocycles. The minimum absolute atomic E-state index is 0.0432. The van der Waals surface area contributed by atoms with Crippen molar-refractivity contribution in [3.05, 3.63) is 41.7 Å². The molecule has 6 bridgehead atoms. The predicted octanol–water partition coefficient (Wildman–Crippen LogP) is 2.44. The molecule has 170 valence electrons. The van der Waals surface area contributed by atoms with Gasteiger partial charge in [0, 0.05) is 37.0 Å². The molecular weight excluding hydrogens is 441 g/mol. The van der Waals surface area contributed by atoms with E-state index in [1.54, 1.807) is 6.07 Å². The van der Waals surface area contributed by atoms with E-state index in [0.717, 1.165) is 0 Å². The van der Waals surface area contributed by atoms with Crippen LogP contribution in [0.4, 0.5) is 15.9 Å². The summed E-state index contributed by atoms with van der Waals surface area (Å²) in [5.74, 6) is 0.646. The lowest BCUT2D eigenvalue weighted by Gasteiger charge is -2.40. The number of nitrogens with zero attached hydrogens (tertiary/aromatic N) is 4. The Balaban J connectivity index is 1.53. The van der Waals surface area contributed by atoms with E-state index in [-0.39, 0.29) is 35.9 Å². The molecule has 1 fully saturated rings. The summed E-state index contributed by atoms with van der Waals surface area (Å²) < 4.78 is 25.7. The lowest BCUT2D eigenvalue weighted by Crippen LogP contribution is -2.52. The Morgan fingerprint density at radius 3 is 2.82 bits per heavy atom. The van der Waals surface area contributed by atoms with Gasteiger partial charge in [-0.3, -0.25) is 4.79 Å². The maximum Gasteiger partial charge on any atom is 0.325 e. The van der Waals surface area contributed by atoms with Gasteiger partial charge >= 0.3 is 6.01 Å². The predicted molar refractivity (Wildman–Crippen MR) is 121 cm³/mol. The van der Waals surface area contributed by atoms with E-state index >= 15 is 0 Å². The zero-order valence-electron chi connectivity index (χ0n) is 17.8. The first-order valence-electron chi connectivity index (χ1n) is 10.6. The lowest BCUT2D eigenvalue weighted by atomic mass is 9.99. The highest BCUT2D eigenvalue weighted by molar-refractivity contribution is 6.14.